The molecule has 0 bridgehead atoms. The van der Waals surface area contributed by atoms with Crippen molar-refractivity contribution in [1.82, 2.24) is 4.90 Å². The molecule has 1 saturated heterocycles. The Hall–Kier alpha value is -2.12. The molecule has 3 heterocycles. The maximum atomic E-state index is 12.4. The van der Waals surface area contributed by atoms with E-state index in [1.54, 1.807) is 28.0 Å². The van der Waals surface area contributed by atoms with Gasteiger partial charge < -0.3 is 9.64 Å². The number of thiophene rings is 1. The van der Waals surface area contributed by atoms with Crippen LogP contribution in [0, 0.1) is 0 Å². The van der Waals surface area contributed by atoms with Gasteiger partial charge in [-0.2, -0.15) is 0 Å². The van der Waals surface area contributed by atoms with Gasteiger partial charge in [-0.05, 0) is 37.8 Å². The van der Waals surface area contributed by atoms with Crippen LogP contribution in [0.15, 0.2) is 57.8 Å². The molecule has 0 N–H and O–H groups in total. The molecule has 2 aromatic rings. The molecule has 0 aliphatic carbocycles. The van der Waals surface area contributed by atoms with Crippen molar-refractivity contribution < 1.29 is 9.53 Å². The number of carbonyl (C=O) groups excluding carboxylic acids is 1. The molecule has 158 valence electrons. The summed E-state index contributed by atoms with van der Waals surface area (Å²) in [5.74, 6) is 0.865. The highest BCUT2D eigenvalue weighted by Gasteiger charge is 2.41. The number of likely N-dealkylation sites (tertiary alicyclic amines) is 1. The van der Waals surface area contributed by atoms with Crippen LogP contribution in [0.1, 0.15) is 44.1 Å². The van der Waals surface area contributed by atoms with Crippen LogP contribution < -0.4 is 0 Å². The van der Waals surface area contributed by atoms with Gasteiger partial charge in [0.25, 0.3) is 0 Å². The minimum atomic E-state index is -0.483. The fraction of sp³-hybridized carbons (Fsp3) is 0.435. The zero-order valence-corrected chi connectivity index (χ0v) is 19.3. The first-order chi connectivity index (χ1) is 14.3. The largest absolute Gasteiger partial charge is 0.444 e. The van der Waals surface area contributed by atoms with Crippen LogP contribution in [0.25, 0.3) is 0 Å². The zero-order chi connectivity index (χ0) is 21.2. The second-order valence-electron chi connectivity index (χ2n) is 8.58. The highest BCUT2D eigenvalue weighted by Crippen LogP contribution is 2.37. The maximum absolute atomic E-state index is 12.4. The van der Waals surface area contributed by atoms with Crippen LogP contribution in [0.4, 0.5) is 4.79 Å². The Bertz CT molecular complexity index is 939. The zero-order valence-electron chi connectivity index (χ0n) is 17.6. The number of piperidine rings is 1. The number of thioether (sulfide) groups is 1. The van der Waals surface area contributed by atoms with E-state index in [1.165, 1.54) is 5.56 Å². The number of benzene rings is 1. The second-order valence-corrected chi connectivity index (χ2v) is 10.5. The third-order valence-electron chi connectivity index (χ3n) is 5.02. The number of rotatable bonds is 3. The first-order valence-electron chi connectivity index (χ1n) is 10.2. The van der Waals surface area contributed by atoms with Crippen molar-refractivity contribution in [3.8, 4) is 0 Å². The Morgan fingerprint density at radius 2 is 1.87 bits per heavy atom. The third kappa shape index (κ3) is 4.95. The molecule has 7 heteroatoms. The molecule has 0 unspecified atom stereocenters. The number of aliphatic imine (C=N–C) groups is 2. The summed E-state index contributed by atoms with van der Waals surface area (Å²) in [4.78, 5) is 25.6. The van der Waals surface area contributed by atoms with Gasteiger partial charge in [-0.25, -0.2) is 9.79 Å². The molecule has 1 aromatic heterocycles. The van der Waals surface area contributed by atoms with Crippen LogP contribution in [0.5, 0.6) is 0 Å². The Morgan fingerprint density at radius 3 is 2.50 bits per heavy atom. The molecule has 1 fully saturated rings. The van der Waals surface area contributed by atoms with E-state index < -0.39 is 11.3 Å². The summed E-state index contributed by atoms with van der Waals surface area (Å²) in [6, 6.07) is 14.6. The molecular weight excluding hydrogens is 414 g/mol. The Labute approximate surface area is 186 Å². The van der Waals surface area contributed by atoms with Crippen molar-refractivity contribution in [2.75, 3.05) is 13.1 Å². The molecule has 2 aliphatic heterocycles. The molecule has 0 atom stereocenters. The third-order valence-corrected chi connectivity index (χ3v) is 6.93. The minimum Gasteiger partial charge on any atom is -0.444 e. The molecule has 5 nitrogen and oxygen atoms in total. The molecule has 1 amide bonds. The summed E-state index contributed by atoms with van der Waals surface area (Å²) in [6.07, 6.45) is 1.19. The van der Waals surface area contributed by atoms with Gasteiger partial charge in [0, 0.05) is 31.7 Å². The van der Waals surface area contributed by atoms with Crippen LogP contribution in [0.2, 0.25) is 0 Å². The predicted molar refractivity (Wildman–Crippen MR) is 126 cm³/mol. The molecule has 0 radical (unpaired) electrons. The van der Waals surface area contributed by atoms with E-state index in [4.69, 9.17) is 14.7 Å². The average Bonchev–Trinajstić information content (AvgIpc) is 3.35. The van der Waals surface area contributed by atoms with Crippen molar-refractivity contribution in [2.24, 2.45) is 9.98 Å². The molecule has 0 saturated carbocycles. The van der Waals surface area contributed by atoms with E-state index in [-0.39, 0.29) is 6.09 Å². The van der Waals surface area contributed by atoms with E-state index >= 15 is 0 Å². The standard InChI is InChI=1S/C23H27N3O2S2/c1-22(2,3)28-21(27)26-13-11-23(12-14-26)24-19(18-10-7-15-29-18)20(25-23)30-16-17-8-5-4-6-9-17/h4-10,15H,11-14,16H2,1-3H3. The van der Waals surface area contributed by atoms with E-state index in [1.807, 2.05) is 26.8 Å². The molecular formula is C23H27N3O2S2. The first-order valence-corrected chi connectivity index (χ1v) is 12.1. The lowest BCUT2D eigenvalue weighted by molar-refractivity contribution is 0.0175. The van der Waals surface area contributed by atoms with Gasteiger partial charge in [0.1, 0.15) is 16.4 Å². The van der Waals surface area contributed by atoms with Gasteiger partial charge >= 0.3 is 6.09 Å². The summed E-state index contributed by atoms with van der Waals surface area (Å²) in [5.41, 5.74) is 1.33. The highest BCUT2D eigenvalue weighted by atomic mass is 32.2. The topological polar surface area (TPSA) is 54.3 Å². The SMILES string of the molecule is CC(C)(C)OC(=O)N1CCC2(CC1)N=C(SCc1ccccc1)C(c1cccs1)=N2. The van der Waals surface area contributed by atoms with Crippen LogP contribution >= 0.6 is 23.1 Å². The first kappa shape index (κ1) is 21.1. The van der Waals surface area contributed by atoms with Gasteiger partial charge in [0.05, 0.1) is 4.88 Å². The number of amides is 1. The summed E-state index contributed by atoms with van der Waals surface area (Å²) in [6.45, 7) is 6.90. The lowest BCUT2D eigenvalue weighted by Crippen LogP contribution is -2.46. The number of hydrogen-bond acceptors (Lipinski definition) is 6. The molecule has 4 rings (SSSR count). The predicted octanol–water partition coefficient (Wildman–Crippen LogP) is 5.61. The van der Waals surface area contributed by atoms with E-state index in [0.717, 1.165) is 34.2 Å². The number of carbonyl (C=O) groups is 1. The van der Waals surface area contributed by atoms with Crippen LogP contribution in [-0.4, -0.2) is 46.1 Å². The Balaban J connectivity index is 1.49. The van der Waals surface area contributed by atoms with Crippen LogP contribution in [0.3, 0.4) is 0 Å². The van der Waals surface area contributed by atoms with Crippen molar-refractivity contribution in [3.05, 3.63) is 58.3 Å². The van der Waals surface area contributed by atoms with Crippen molar-refractivity contribution >= 4 is 39.9 Å². The fourth-order valence-corrected chi connectivity index (χ4v) is 5.32. The summed E-state index contributed by atoms with van der Waals surface area (Å²) in [7, 11) is 0. The van der Waals surface area contributed by atoms with Crippen molar-refractivity contribution in [2.45, 2.75) is 50.6 Å². The van der Waals surface area contributed by atoms with Gasteiger partial charge in [0.15, 0.2) is 5.66 Å². The second kappa shape index (κ2) is 8.55. The highest BCUT2D eigenvalue weighted by molar-refractivity contribution is 8.15. The fourth-order valence-electron chi connectivity index (χ4n) is 3.52. The monoisotopic (exact) mass is 441 g/mol. The number of nitrogens with zero attached hydrogens (tertiary/aromatic N) is 3. The molecule has 2 aliphatic rings. The summed E-state index contributed by atoms with van der Waals surface area (Å²) < 4.78 is 5.53. The molecule has 30 heavy (non-hydrogen) atoms. The van der Waals surface area contributed by atoms with E-state index in [0.29, 0.717) is 13.1 Å². The lowest BCUT2D eigenvalue weighted by Gasteiger charge is -2.36. The molecule has 1 spiro atoms. The molecule has 1 aromatic carbocycles. The smallest absolute Gasteiger partial charge is 0.410 e. The Morgan fingerprint density at radius 1 is 1.13 bits per heavy atom. The van der Waals surface area contributed by atoms with Crippen molar-refractivity contribution in [1.29, 1.82) is 0 Å². The van der Waals surface area contributed by atoms with E-state index in [9.17, 15) is 4.79 Å². The van der Waals surface area contributed by atoms with Gasteiger partial charge in [0.2, 0.25) is 0 Å². The van der Waals surface area contributed by atoms with Gasteiger partial charge in [-0.1, -0.05) is 48.2 Å². The normalized spacial score (nSPS) is 18.3. The van der Waals surface area contributed by atoms with Crippen LogP contribution in [-0.2, 0) is 10.5 Å². The average molecular weight is 442 g/mol. The number of hydrogen-bond donors (Lipinski definition) is 0. The lowest BCUT2D eigenvalue weighted by atomic mass is 9.99. The van der Waals surface area contributed by atoms with Crippen molar-refractivity contribution in [3.63, 3.8) is 0 Å². The number of ether oxygens (including phenoxy) is 1. The maximum Gasteiger partial charge on any atom is 0.410 e. The van der Waals surface area contributed by atoms with Gasteiger partial charge in [-0.3, -0.25) is 4.99 Å². The van der Waals surface area contributed by atoms with Gasteiger partial charge in [-0.15, -0.1) is 11.3 Å². The minimum absolute atomic E-state index is 0.250. The summed E-state index contributed by atoms with van der Waals surface area (Å²) >= 11 is 3.44. The quantitative estimate of drug-likeness (QED) is 0.622. The van der Waals surface area contributed by atoms with E-state index in [2.05, 4.69) is 41.8 Å². The summed E-state index contributed by atoms with van der Waals surface area (Å²) in [5, 5.41) is 3.08. The Kier molecular flexibility index (Phi) is 6.02.